The van der Waals surface area contributed by atoms with Crippen molar-refractivity contribution in [2.45, 2.75) is 38.7 Å². The third-order valence-corrected chi connectivity index (χ3v) is 5.33. The lowest BCUT2D eigenvalue weighted by Crippen LogP contribution is -2.55. The van der Waals surface area contributed by atoms with Crippen molar-refractivity contribution >= 4 is 35.8 Å². The van der Waals surface area contributed by atoms with E-state index in [1.165, 1.54) is 12.1 Å². The van der Waals surface area contributed by atoms with Gasteiger partial charge in [-0.1, -0.05) is 0 Å². The minimum absolute atomic E-state index is 0. The van der Waals surface area contributed by atoms with Gasteiger partial charge in [-0.05, 0) is 56.9 Å². The summed E-state index contributed by atoms with van der Waals surface area (Å²) >= 11 is 0. The van der Waals surface area contributed by atoms with Gasteiger partial charge in [0, 0.05) is 45.9 Å². The summed E-state index contributed by atoms with van der Waals surface area (Å²) in [5, 5.41) is 3.35. The zero-order valence-electron chi connectivity index (χ0n) is 18.2. The maximum absolute atomic E-state index is 12.9. The molecule has 0 aromatic heterocycles. The first kappa shape index (κ1) is 25.6. The topological polar surface area (TPSA) is 66.4 Å². The molecule has 2 saturated heterocycles. The number of rotatable bonds is 8. The van der Waals surface area contributed by atoms with Crippen molar-refractivity contribution in [2.75, 3.05) is 52.5 Å². The van der Waals surface area contributed by atoms with Crippen LogP contribution < -0.4 is 10.1 Å². The molecule has 1 atom stereocenters. The van der Waals surface area contributed by atoms with Gasteiger partial charge in [-0.25, -0.2) is 4.39 Å². The maximum Gasteiger partial charge on any atom is 0.251 e. The summed E-state index contributed by atoms with van der Waals surface area (Å²) in [7, 11) is 0. The molecule has 1 amide bonds. The zero-order chi connectivity index (χ0) is 21.2. The van der Waals surface area contributed by atoms with Crippen LogP contribution in [0.3, 0.4) is 0 Å². The first-order valence-electron chi connectivity index (χ1n) is 11.0. The van der Waals surface area contributed by atoms with Crippen LogP contribution in [-0.4, -0.2) is 80.3 Å². The van der Waals surface area contributed by atoms with Gasteiger partial charge in [0.25, 0.3) is 5.91 Å². The highest BCUT2D eigenvalue weighted by Gasteiger charge is 2.30. The van der Waals surface area contributed by atoms with Crippen LogP contribution in [0.5, 0.6) is 5.75 Å². The molecule has 0 spiro atoms. The van der Waals surface area contributed by atoms with E-state index in [2.05, 4.69) is 17.1 Å². The molecule has 1 unspecified atom stereocenters. The summed E-state index contributed by atoms with van der Waals surface area (Å²) in [5.74, 6) is 1.46. The summed E-state index contributed by atoms with van der Waals surface area (Å²) in [6, 6.07) is 6.08. The number of benzene rings is 1. The van der Waals surface area contributed by atoms with Crippen molar-refractivity contribution in [2.24, 2.45) is 4.99 Å². The van der Waals surface area contributed by atoms with Crippen LogP contribution in [-0.2, 0) is 9.53 Å². The predicted molar refractivity (Wildman–Crippen MR) is 130 cm³/mol. The van der Waals surface area contributed by atoms with E-state index in [0.717, 1.165) is 51.3 Å². The van der Waals surface area contributed by atoms with Crippen molar-refractivity contribution in [1.82, 2.24) is 15.1 Å². The van der Waals surface area contributed by atoms with Crippen LogP contribution in [0.15, 0.2) is 29.3 Å². The highest BCUT2D eigenvalue weighted by atomic mass is 127. The highest BCUT2D eigenvalue weighted by molar-refractivity contribution is 14.0. The summed E-state index contributed by atoms with van der Waals surface area (Å²) in [6.45, 7) is 7.82. The average Bonchev–Trinajstić information content (AvgIpc) is 3.31. The summed E-state index contributed by atoms with van der Waals surface area (Å²) in [6.07, 6.45) is 3.37. The number of ether oxygens (including phenoxy) is 2. The summed E-state index contributed by atoms with van der Waals surface area (Å²) in [4.78, 5) is 21.4. The number of nitrogens with one attached hydrogen (secondary N) is 1. The monoisotopic (exact) mass is 548 g/mol. The molecule has 2 aliphatic rings. The zero-order valence-corrected chi connectivity index (χ0v) is 20.6. The normalized spacial score (nSPS) is 19.2. The lowest BCUT2D eigenvalue weighted by molar-refractivity contribution is -0.142. The Hall–Kier alpha value is -1.62. The van der Waals surface area contributed by atoms with Crippen LogP contribution in [0.1, 0.15) is 32.6 Å². The smallest absolute Gasteiger partial charge is 0.251 e. The largest absolute Gasteiger partial charge is 0.494 e. The number of guanidine groups is 1. The fourth-order valence-corrected chi connectivity index (χ4v) is 3.66. The van der Waals surface area contributed by atoms with Gasteiger partial charge < -0.3 is 24.6 Å². The summed E-state index contributed by atoms with van der Waals surface area (Å²) in [5.41, 5.74) is 0. The second-order valence-electron chi connectivity index (χ2n) is 7.56. The van der Waals surface area contributed by atoms with Gasteiger partial charge in [0.05, 0.1) is 6.61 Å². The molecule has 2 heterocycles. The van der Waals surface area contributed by atoms with Crippen LogP contribution in [0.25, 0.3) is 0 Å². The van der Waals surface area contributed by atoms with E-state index in [9.17, 15) is 9.18 Å². The Kier molecular flexibility index (Phi) is 11.3. The quantitative estimate of drug-likeness (QED) is 0.234. The third kappa shape index (κ3) is 8.10. The lowest BCUT2D eigenvalue weighted by Gasteiger charge is -2.37. The van der Waals surface area contributed by atoms with Gasteiger partial charge in [0.2, 0.25) is 0 Å². The van der Waals surface area contributed by atoms with Crippen LogP contribution in [0.4, 0.5) is 4.39 Å². The number of carbonyl (C=O) groups is 1. The molecular weight excluding hydrogens is 514 g/mol. The Balaban J connectivity index is 0.00000341. The maximum atomic E-state index is 12.9. The number of carbonyl (C=O) groups excluding carboxylic acids is 1. The van der Waals surface area contributed by atoms with E-state index in [4.69, 9.17) is 14.5 Å². The molecule has 1 aromatic carbocycles. The molecule has 0 radical (unpaired) electrons. The number of hydrogen-bond acceptors (Lipinski definition) is 4. The second kappa shape index (κ2) is 13.7. The fourth-order valence-electron chi connectivity index (χ4n) is 3.66. The van der Waals surface area contributed by atoms with Crippen molar-refractivity contribution in [1.29, 1.82) is 0 Å². The summed E-state index contributed by atoms with van der Waals surface area (Å²) < 4.78 is 24.0. The Bertz CT molecular complexity index is 691. The van der Waals surface area contributed by atoms with E-state index >= 15 is 0 Å². The number of hydrogen-bond donors (Lipinski definition) is 1. The van der Waals surface area contributed by atoms with Crippen molar-refractivity contribution in [3.63, 3.8) is 0 Å². The van der Waals surface area contributed by atoms with Crippen LogP contribution >= 0.6 is 24.0 Å². The van der Waals surface area contributed by atoms with Crippen molar-refractivity contribution in [3.8, 4) is 5.75 Å². The van der Waals surface area contributed by atoms with Gasteiger partial charge >= 0.3 is 0 Å². The van der Waals surface area contributed by atoms with Crippen LogP contribution in [0.2, 0.25) is 0 Å². The molecule has 2 fully saturated rings. The van der Waals surface area contributed by atoms with Crippen molar-refractivity contribution < 1.29 is 18.7 Å². The van der Waals surface area contributed by atoms with E-state index in [1.54, 1.807) is 12.1 Å². The van der Waals surface area contributed by atoms with Gasteiger partial charge in [-0.2, -0.15) is 0 Å². The molecule has 31 heavy (non-hydrogen) atoms. The van der Waals surface area contributed by atoms with Crippen LogP contribution in [0, 0.1) is 5.82 Å². The van der Waals surface area contributed by atoms with E-state index in [-0.39, 0.29) is 41.8 Å². The average molecular weight is 548 g/mol. The molecule has 0 saturated carbocycles. The second-order valence-corrected chi connectivity index (χ2v) is 7.56. The molecule has 3 rings (SSSR count). The molecule has 174 valence electrons. The molecule has 1 aromatic rings. The molecule has 7 nitrogen and oxygen atoms in total. The van der Waals surface area contributed by atoms with Gasteiger partial charge in [-0.3, -0.25) is 9.79 Å². The Morgan fingerprint density at radius 3 is 2.55 bits per heavy atom. The van der Waals surface area contributed by atoms with E-state index < -0.39 is 0 Å². The minimum atomic E-state index is -0.260. The standard InChI is InChI=1S/C22H33FN4O3.HI/c1-2-24-22(25-11-3-4-16-29-19-9-7-18(23)8-10-19)27-14-12-26(13-15-27)21(28)20-6-5-17-30-20;/h7-10,20H,2-6,11-17H2,1H3,(H,24,25);1H. The van der Waals surface area contributed by atoms with Gasteiger partial charge in [-0.15, -0.1) is 24.0 Å². The number of halogens is 2. The molecule has 0 aliphatic carbocycles. The number of piperazine rings is 1. The molecule has 2 aliphatic heterocycles. The highest BCUT2D eigenvalue weighted by Crippen LogP contribution is 2.16. The number of unbranched alkanes of at least 4 members (excludes halogenated alkanes) is 1. The lowest BCUT2D eigenvalue weighted by atomic mass is 10.2. The first-order valence-corrected chi connectivity index (χ1v) is 11.0. The third-order valence-electron chi connectivity index (χ3n) is 5.33. The molecule has 1 N–H and O–H groups in total. The first-order chi connectivity index (χ1) is 14.7. The number of nitrogens with zero attached hydrogens (tertiary/aromatic N) is 3. The Morgan fingerprint density at radius 1 is 1.19 bits per heavy atom. The van der Waals surface area contributed by atoms with E-state index in [1.807, 2.05) is 4.90 Å². The number of aliphatic imine (C=N–C) groups is 1. The fraction of sp³-hybridized carbons (Fsp3) is 0.636. The van der Waals surface area contributed by atoms with E-state index in [0.29, 0.717) is 38.6 Å². The minimum Gasteiger partial charge on any atom is -0.494 e. The molecule has 9 heteroatoms. The predicted octanol–water partition coefficient (Wildman–Crippen LogP) is 2.89. The molecule has 0 bridgehead atoms. The number of amides is 1. The SMILES string of the molecule is CCNC(=NCCCCOc1ccc(F)cc1)N1CCN(C(=O)C2CCCO2)CC1.I. The Morgan fingerprint density at radius 2 is 1.90 bits per heavy atom. The van der Waals surface area contributed by atoms with Crippen molar-refractivity contribution in [3.05, 3.63) is 30.1 Å². The molecular formula is C22H34FIN4O3. The Labute approximate surface area is 201 Å². The van der Waals surface area contributed by atoms with Gasteiger partial charge in [0.15, 0.2) is 5.96 Å². The van der Waals surface area contributed by atoms with Gasteiger partial charge in [0.1, 0.15) is 17.7 Å².